The van der Waals surface area contributed by atoms with Gasteiger partial charge >= 0.3 is 13.6 Å². The first kappa shape index (κ1) is 17.3. The molecule has 8 heteroatoms. The molecule has 0 rings (SSSR count). The molecular formula is C10H19O7P. The molecule has 0 saturated heterocycles. The van der Waals surface area contributed by atoms with E-state index in [1.54, 1.807) is 6.92 Å². The molecule has 0 aromatic rings. The van der Waals surface area contributed by atoms with Gasteiger partial charge in [-0.05, 0) is 6.92 Å². The van der Waals surface area contributed by atoms with E-state index in [1.165, 1.54) is 14.2 Å². The lowest BCUT2D eigenvalue weighted by Crippen LogP contribution is -2.14. The standard InChI is InChI=1S/C10H19O7P/c1-5-16-17-10(11)9(2)8-15-6-7-18(12,13-3)14-4/h2,5-8H2,1,3-4H3. The molecular weight excluding hydrogens is 263 g/mol. The van der Waals surface area contributed by atoms with E-state index in [2.05, 4.69) is 16.4 Å². The fraction of sp³-hybridized carbons (Fsp3) is 0.700. The van der Waals surface area contributed by atoms with Gasteiger partial charge in [-0.15, -0.1) is 0 Å². The van der Waals surface area contributed by atoms with Gasteiger partial charge in [-0.2, -0.15) is 4.89 Å². The van der Waals surface area contributed by atoms with E-state index in [0.29, 0.717) is 0 Å². The summed E-state index contributed by atoms with van der Waals surface area (Å²) in [7, 11) is -0.489. The average Bonchev–Trinajstić information content (AvgIpc) is 2.40. The van der Waals surface area contributed by atoms with Gasteiger partial charge in [0, 0.05) is 14.2 Å². The molecule has 0 amide bonds. The highest BCUT2D eigenvalue weighted by molar-refractivity contribution is 7.53. The Hall–Kier alpha value is -0.720. The largest absolute Gasteiger partial charge is 0.376 e. The van der Waals surface area contributed by atoms with Gasteiger partial charge < -0.3 is 13.8 Å². The fourth-order valence-electron chi connectivity index (χ4n) is 0.859. The van der Waals surface area contributed by atoms with Gasteiger partial charge in [0.15, 0.2) is 0 Å². The van der Waals surface area contributed by atoms with E-state index in [9.17, 15) is 9.36 Å². The summed E-state index contributed by atoms with van der Waals surface area (Å²) in [6, 6.07) is 0. The van der Waals surface area contributed by atoms with Gasteiger partial charge in [-0.25, -0.2) is 4.79 Å². The van der Waals surface area contributed by atoms with Crippen LogP contribution in [0.5, 0.6) is 0 Å². The van der Waals surface area contributed by atoms with Crippen molar-refractivity contribution < 1.29 is 32.9 Å². The van der Waals surface area contributed by atoms with E-state index in [4.69, 9.17) is 13.8 Å². The van der Waals surface area contributed by atoms with Gasteiger partial charge in [0.25, 0.3) is 0 Å². The molecule has 0 aliphatic rings. The molecule has 106 valence electrons. The van der Waals surface area contributed by atoms with Crippen molar-refractivity contribution >= 4 is 13.6 Å². The van der Waals surface area contributed by atoms with Crippen LogP contribution in [-0.2, 0) is 32.9 Å². The van der Waals surface area contributed by atoms with Gasteiger partial charge in [0.05, 0.1) is 31.6 Å². The second kappa shape index (κ2) is 9.24. The third-order valence-corrected chi connectivity index (χ3v) is 3.73. The van der Waals surface area contributed by atoms with Crippen LogP contribution in [0.1, 0.15) is 6.92 Å². The topological polar surface area (TPSA) is 80.3 Å². The number of carbonyl (C=O) groups excluding carboxylic acids is 1. The summed E-state index contributed by atoms with van der Waals surface area (Å²) < 4.78 is 26.1. The minimum absolute atomic E-state index is 0.0423. The Morgan fingerprint density at radius 1 is 1.28 bits per heavy atom. The second-order valence-electron chi connectivity index (χ2n) is 3.13. The molecule has 0 aromatic heterocycles. The van der Waals surface area contributed by atoms with E-state index in [1.807, 2.05) is 0 Å². The van der Waals surface area contributed by atoms with Crippen molar-refractivity contribution in [1.82, 2.24) is 0 Å². The minimum Gasteiger partial charge on any atom is -0.376 e. The number of carbonyl (C=O) groups is 1. The Morgan fingerprint density at radius 3 is 2.39 bits per heavy atom. The summed E-state index contributed by atoms with van der Waals surface area (Å²) in [5.74, 6) is -0.696. The van der Waals surface area contributed by atoms with Crippen molar-refractivity contribution in [1.29, 1.82) is 0 Å². The van der Waals surface area contributed by atoms with Crippen molar-refractivity contribution in [3.05, 3.63) is 12.2 Å². The third-order valence-electron chi connectivity index (χ3n) is 1.88. The molecule has 18 heavy (non-hydrogen) atoms. The van der Waals surface area contributed by atoms with Crippen molar-refractivity contribution in [2.24, 2.45) is 0 Å². The molecule has 0 saturated carbocycles. The van der Waals surface area contributed by atoms with E-state index in [-0.39, 0.29) is 31.6 Å². The zero-order valence-corrected chi connectivity index (χ0v) is 11.7. The summed E-state index contributed by atoms with van der Waals surface area (Å²) in [5.41, 5.74) is 0.105. The summed E-state index contributed by atoms with van der Waals surface area (Å²) >= 11 is 0. The first-order chi connectivity index (χ1) is 8.49. The molecule has 0 aliphatic heterocycles. The first-order valence-electron chi connectivity index (χ1n) is 5.29. The smallest absolute Gasteiger partial charge is 0.370 e. The third kappa shape index (κ3) is 6.88. The lowest BCUT2D eigenvalue weighted by Gasteiger charge is -2.13. The predicted octanol–water partition coefficient (Wildman–Crippen LogP) is 1.54. The summed E-state index contributed by atoms with van der Waals surface area (Å²) in [6.45, 7) is 5.47. The molecule has 0 atom stereocenters. The van der Waals surface area contributed by atoms with Crippen molar-refractivity contribution in [2.75, 3.05) is 40.2 Å². The Kier molecular flexibility index (Phi) is 8.87. The highest BCUT2D eigenvalue weighted by atomic mass is 31.2. The molecule has 0 radical (unpaired) electrons. The average molecular weight is 282 g/mol. The van der Waals surface area contributed by atoms with Crippen LogP contribution in [0.4, 0.5) is 0 Å². The van der Waals surface area contributed by atoms with Crippen molar-refractivity contribution in [3.63, 3.8) is 0 Å². The number of hydrogen-bond acceptors (Lipinski definition) is 7. The van der Waals surface area contributed by atoms with Gasteiger partial charge in [-0.1, -0.05) is 6.58 Å². The van der Waals surface area contributed by atoms with Crippen LogP contribution in [0.3, 0.4) is 0 Å². The Morgan fingerprint density at radius 2 is 1.89 bits per heavy atom. The Labute approximate surface area is 106 Å². The van der Waals surface area contributed by atoms with E-state index < -0.39 is 13.6 Å². The van der Waals surface area contributed by atoms with Gasteiger partial charge in [0.2, 0.25) is 0 Å². The number of rotatable bonds is 10. The van der Waals surface area contributed by atoms with Crippen molar-refractivity contribution in [2.45, 2.75) is 6.92 Å². The maximum Gasteiger partial charge on any atom is 0.370 e. The molecule has 0 spiro atoms. The SMILES string of the molecule is C=C(COCCP(=O)(OC)OC)C(=O)OOCC. The van der Waals surface area contributed by atoms with E-state index in [0.717, 1.165) is 0 Å². The first-order valence-corrected chi connectivity index (χ1v) is 7.01. The Bertz CT molecular complexity index is 307. The zero-order chi connectivity index (χ0) is 14.0. The van der Waals surface area contributed by atoms with Crippen molar-refractivity contribution in [3.8, 4) is 0 Å². The maximum absolute atomic E-state index is 11.6. The predicted molar refractivity (Wildman–Crippen MR) is 64.2 cm³/mol. The fourth-order valence-corrected chi connectivity index (χ4v) is 1.73. The molecule has 0 N–H and O–H groups in total. The maximum atomic E-state index is 11.6. The highest BCUT2D eigenvalue weighted by Gasteiger charge is 2.20. The van der Waals surface area contributed by atoms with Crippen LogP contribution in [-0.4, -0.2) is 46.2 Å². The molecule has 0 unspecified atom stereocenters. The monoisotopic (exact) mass is 282 g/mol. The second-order valence-corrected chi connectivity index (χ2v) is 5.53. The lowest BCUT2D eigenvalue weighted by atomic mass is 10.3. The zero-order valence-electron chi connectivity index (χ0n) is 10.8. The molecule has 0 heterocycles. The Balaban J connectivity index is 3.81. The van der Waals surface area contributed by atoms with Crippen LogP contribution in [0.2, 0.25) is 0 Å². The summed E-state index contributed by atoms with van der Waals surface area (Å²) in [5, 5.41) is 0. The highest BCUT2D eigenvalue weighted by Crippen LogP contribution is 2.45. The number of hydrogen-bond donors (Lipinski definition) is 0. The molecule has 7 nitrogen and oxygen atoms in total. The van der Waals surface area contributed by atoms with Gasteiger partial charge in [0.1, 0.15) is 0 Å². The summed E-state index contributed by atoms with van der Waals surface area (Å²) in [4.78, 5) is 20.0. The lowest BCUT2D eigenvalue weighted by molar-refractivity contribution is -0.265. The van der Waals surface area contributed by atoms with Crippen LogP contribution < -0.4 is 0 Å². The van der Waals surface area contributed by atoms with Crippen LogP contribution in [0.15, 0.2) is 12.2 Å². The van der Waals surface area contributed by atoms with Gasteiger partial charge in [-0.3, -0.25) is 9.45 Å². The molecule has 0 fully saturated rings. The summed E-state index contributed by atoms with van der Waals surface area (Å²) in [6.07, 6.45) is 0.0911. The van der Waals surface area contributed by atoms with E-state index >= 15 is 0 Å². The quantitative estimate of drug-likeness (QED) is 0.198. The van der Waals surface area contributed by atoms with Crippen LogP contribution in [0, 0.1) is 0 Å². The molecule has 0 bridgehead atoms. The molecule has 0 aliphatic carbocycles. The minimum atomic E-state index is -3.08. The number of ether oxygens (including phenoxy) is 1. The normalized spacial score (nSPS) is 11.3. The molecule has 0 aromatic carbocycles. The van der Waals surface area contributed by atoms with Crippen LogP contribution >= 0.6 is 7.60 Å². The van der Waals surface area contributed by atoms with Crippen LogP contribution in [0.25, 0.3) is 0 Å².